The first-order chi connectivity index (χ1) is 8.76. The fraction of sp³-hybridized carbons (Fsp3) is 0.714. The van der Waals surface area contributed by atoms with Gasteiger partial charge in [-0.25, -0.2) is 0 Å². The first-order valence-electron chi connectivity index (χ1n) is 6.92. The molecule has 2 heterocycles. The number of ether oxygens (including phenoxy) is 1. The standard InChI is InChI=1S/C14H21N3O/c1-3-11-12(18-2)9-13(16-15-11)17-8-7-14(10-17)5-4-6-14/h9H,3-8,10H2,1-2H3. The van der Waals surface area contributed by atoms with Gasteiger partial charge in [0.2, 0.25) is 0 Å². The van der Waals surface area contributed by atoms with Crippen molar-refractivity contribution < 1.29 is 4.74 Å². The van der Waals surface area contributed by atoms with Gasteiger partial charge in [-0.1, -0.05) is 13.3 Å². The summed E-state index contributed by atoms with van der Waals surface area (Å²) in [6.07, 6.45) is 6.35. The van der Waals surface area contributed by atoms with Crippen molar-refractivity contribution in [3.8, 4) is 5.75 Å². The maximum absolute atomic E-state index is 5.40. The van der Waals surface area contributed by atoms with Gasteiger partial charge in [0, 0.05) is 19.2 Å². The van der Waals surface area contributed by atoms with Gasteiger partial charge in [0.1, 0.15) is 11.4 Å². The molecule has 0 radical (unpaired) electrons. The van der Waals surface area contributed by atoms with Crippen molar-refractivity contribution in [2.45, 2.75) is 39.0 Å². The lowest BCUT2D eigenvalue weighted by Gasteiger charge is -2.38. The van der Waals surface area contributed by atoms with Crippen molar-refractivity contribution >= 4 is 5.82 Å². The molecule has 0 aromatic carbocycles. The Balaban J connectivity index is 1.80. The summed E-state index contributed by atoms with van der Waals surface area (Å²) >= 11 is 0. The van der Waals surface area contributed by atoms with E-state index in [1.807, 2.05) is 6.07 Å². The van der Waals surface area contributed by atoms with E-state index in [0.717, 1.165) is 36.8 Å². The average Bonchev–Trinajstić information content (AvgIpc) is 2.83. The normalized spacial score (nSPS) is 21.1. The average molecular weight is 247 g/mol. The lowest BCUT2D eigenvalue weighted by molar-refractivity contribution is 0.165. The molecule has 4 heteroatoms. The van der Waals surface area contributed by atoms with Crippen LogP contribution in [0.4, 0.5) is 5.82 Å². The molecular formula is C14H21N3O. The summed E-state index contributed by atoms with van der Waals surface area (Å²) in [5.41, 5.74) is 1.54. The van der Waals surface area contributed by atoms with Gasteiger partial charge < -0.3 is 9.64 Å². The van der Waals surface area contributed by atoms with Crippen molar-refractivity contribution in [3.63, 3.8) is 0 Å². The van der Waals surface area contributed by atoms with Crippen LogP contribution in [0.15, 0.2) is 6.07 Å². The monoisotopic (exact) mass is 247 g/mol. The molecule has 18 heavy (non-hydrogen) atoms. The Hall–Kier alpha value is -1.32. The maximum Gasteiger partial charge on any atom is 0.154 e. The molecule has 1 saturated heterocycles. The zero-order valence-corrected chi connectivity index (χ0v) is 11.3. The van der Waals surface area contributed by atoms with Gasteiger partial charge in [0.25, 0.3) is 0 Å². The molecule has 0 bridgehead atoms. The lowest BCUT2D eigenvalue weighted by atomic mass is 9.68. The molecular weight excluding hydrogens is 226 g/mol. The molecule has 1 spiro atoms. The molecule has 1 aliphatic heterocycles. The lowest BCUT2D eigenvalue weighted by Crippen LogP contribution is -2.33. The van der Waals surface area contributed by atoms with Gasteiger partial charge in [0.05, 0.1) is 7.11 Å². The number of rotatable bonds is 3. The number of nitrogens with zero attached hydrogens (tertiary/aromatic N) is 3. The largest absolute Gasteiger partial charge is 0.495 e. The van der Waals surface area contributed by atoms with Crippen LogP contribution in [-0.4, -0.2) is 30.4 Å². The molecule has 0 N–H and O–H groups in total. The molecule has 3 rings (SSSR count). The summed E-state index contributed by atoms with van der Waals surface area (Å²) in [6.45, 7) is 4.34. The van der Waals surface area contributed by atoms with Gasteiger partial charge in [-0.15, -0.1) is 10.2 Å². The van der Waals surface area contributed by atoms with Crippen LogP contribution in [0.5, 0.6) is 5.75 Å². The summed E-state index contributed by atoms with van der Waals surface area (Å²) < 4.78 is 5.40. The highest BCUT2D eigenvalue weighted by atomic mass is 16.5. The Bertz CT molecular complexity index is 443. The molecule has 2 aliphatic rings. The van der Waals surface area contributed by atoms with E-state index in [1.54, 1.807) is 7.11 Å². The molecule has 1 aromatic rings. The van der Waals surface area contributed by atoms with Gasteiger partial charge >= 0.3 is 0 Å². The fourth-order valence-corrected chi connectivity index (χ4v) is 3.18. The maximum atomic E-state index is 5.40. The third kappa shape index (κ3) is 1.84. The highest BCUT2D eigenvalue weighted by molar-refractivity contribution is 5.46. The Morgan fingerprint density at radius 1 is 1.33 bits per heavy atom. The number of hydrogen-bond acceptors (Lipinski definition) is 4. The fourth-order valence-electron chi connectivity index (χ4n) is 3.18. The molecule has 1 aliphatic carbocycles. The van der Waals surface area contributed by atoms with E-state index in [-0.39, 0.29) is 0 Å². The zero-order chi connectivity index (χ0) is 12.6. The number of aryl methyl sites for hydroxylation is 1. The number of aromatic nitrogens is 2. The first kappa shape index (κ1) is 11.8. The SMILES string of the molecule is CCc1nnc(N2CCC3(CCC3)C2)cc1OC. The highest BCUT2D eigenvalue weighted by Gasteiger charge is 2.43. The summed E-state index contributed by atoms with van der Waals surface area (Å²) in [5.74, 6) is 1.85. The van der Waals surface area contributed by atoms with Crippen molar-refractivity contribution in [2.24, 2.45) is 5.41 Å². The second-order valence-corrected chi connectivity index (χ2v) is 5.60. The zero-order valence-electron chi connectivity index (χ0n) is 11.3. The predicted octanol–water partition coefficient (Wildman–Crippen LogP) is 2.43. The third-order valence-corrected chi connectivity index (χ3v) is 4.55. The van der Waals surface area contributed by atoms with Gasteiger partial charge in [-0.3, -0.25) is 0 Å². The van der Waals surface area contributed by atoms with Crippen molar-refractivity contribution in [1.82, 2.24) is 10.2 Å². The van der Waals surface area contributed by atoms with Crippen LogP contribution in [0.3, 0.4) is 0 Å². The molecule has 2 fully saturated rings. The van der Waals surface area contributed by atoms with Crippen LogP contribution < -0.4 is 9.64 Å². The van der Waals surface area contributed by atoms with E-state index in [4.69, 9.17) is 4.74 Å². The Kier molecular flexibility index (Phi) is 2.88. The van der Waals surface area contributed by atoms with E-state index in [0.29, 0.717) is 5.41 Å². The molecule has 0 atom stereocenters. The molecule has 1 aromatic heterocycles. The van der Waals surface area contributed by atoms with Gasteiger partial charge in [-0.05, 0) is 31.1 Å². The van der Waals surface area contributed by atoms with Crippen LogP contribution in [0.25, 0.3) is 0 Å². The second kappa shape index (κ2) is 4.41. The Labute approximate surface area is 108 Å². The van der Waals surface area contributed by atoms with Gasteiger partial charge in [0.15, 0.2) is 5.82 Å². The van der Waals surface area contributed by atoms with Crippen molar-refractivity contribution in [3.05, 3.63) is 11.8 Å². The Morgan fingerprint density at radius 2 is 2.17 bits per heavy atom. The summed E-state index contributed by atoms with van der Waals surface area (Å²) in [5, 5.41) is 8.65. The quantitative estimate of drug-likeness (QED) is 0.822. The molecule has 0 unspecified atom stereocenters. The second-order valence-electron chi connectivity index (χ2n) is 5.60. The van der Waals surface area contributed by atoms with E-state index in [2.05, 4.69) is 22.0 Å². The molecule has 98 valence electrons. The molecule has 0 amide bonds. The predicted molar refractivity (Wildman–Crippen MR) is 71.1 cm³/mol. The van der Waals surface area contributed by atoms with Crippen LogP contribution in [-0.2, 0) is 6.42 Å². The third-order valence-electron chi connectivity index (χ3n) is 4.55. The van der Waals surface area contributed by atoms with Crippen LogP contribution in [0, 0.1) is 5.41 Å². The van der Waals surface area contributed by atoms with Gasteiger partial charge in [-0.2, -0.15) is 0 Å². The Morgan fingerprint density at radius 3 is 2.72 bits per heavy atom. The van der Waals surface area contributed by atoms with E-state index >= 15 is 0 Å². The number of hydrogen-bond donors (Lipinski definition) is 0. The minimum Gasteiger partial charge on any atom is -0.495 e. The number of anilines is 1. The van der Waals surface area contributed by atoms with Crippen LogP contribution >= 0.6 is 0 Å². The van der Waals surface area contributed by atoms with E-state index in [9.17, 15) is 0 Å². The van der Waals surface area contributed by atoms with Crippen molar-refractivity contribution in [1.29, 1.82) is 0 Å². The summed E-state index contributed by atoms with van der Waals surface area (Å²) in [7, 11) is 1.71. The minimum absolute atomic E-state index is 0.596. The topological polar surface area (TPSA) is 38.2 Å². The molecule has 1 saturated carbocycles. The highest BCUT2D eigenvalue weighted by Crippen LogP contribution is 2.48. The van der Waals surface area contributed by atoms with Crippen LogP contribution in [0.2, 0.25) is 0 Å². The van der Waals surface area contributed by atoms with E-state index in [1.165, 1.54) is 25.7 Å². The number of methoxy groups -OCH3 is 1. The minimum atomic E-state index is 0.596. The van der Waals surface area contributed by atoms with E-state index < -0.39 is 0 Å². The summed E-state index contributed by atoms with van der Waals surface area (Å²) in [6, 6.07) is 2.05. The summed E-state index contributed by atoms with van der Waals surface area (Å²) in [4.78, 5) is 2.37. The van der Waals surface area contributed by atoms with Crippen LogP contribution in [0.1, 0.15) is 38.3 Å². The first-order valence-corrected chi connectivity index (χ1v) is 6.92. The van der Waals surface area contributed by atoms with Crippen molar-refractivity contribution in [2.75, 3.05) is 25.1 Å². The molecule has 4 nitrogen and oxygen atoms in total. The smallest absolute Gasteiger partial charge is 0.154 e.